The Morgan fingerprint density at radius 1 is 1.43 bits per heavy atom. The Hall–Kier alpha value is -1.75. The van der Waals surface area contributed by atoms with Gasteiger partial charge < -0.3 is 4.57 Å². The Morgan fingerprint density at radius 2 is 2.21 bits per heavy atom. The van der Waals surface area contributed by atoms with Gasteiger partial charge in [-0.3, -0.25) is 0 Å². The fourth-order valence-corrected chi connectivity index (χ4v) is 1.82. The third-order valence-corrected chi connectivity index (χ3v) is 2.58. The lowest BCUT2D eigenvalue weighted by Gasteiger charge is -1.96. The van der Waals surface area contributed by atoms with Crippen LogP contribution in [0.25, 0.3) is 10.9 Å². The number of benzene rings is 1. The van der Waals surface area contributed by atoms with Crippen LogP contribution in [-0.2, 0) is 13.5 Å². The van der Waals surface area contributed by atoms with Crippen molar-refractivity contribution in [3.05, 3.63) is 35.5 Å². The predicted octanol–water partition coefficient (Wildman–Crippen LogP) is 2.61. The molecule has 0 fully saturated rings. The summed E-state index contributed by atoms with van der Waals surface area (Å²) in [4.78, 5) is 0. The van der Waals surface area contributed by atoms with Gasteiger partial charge >= 0.3 is 0 Å². The van der Waals surface area contributed by atoms with Gasteiger partial charge in [0.1, 0.15) is 0 Å². The number of hydrogen-bond donors (Lipinski definition) is 0. The molecule has 0 saturated carbocycles. The molecule has 0 aliphatic carbocycles. The molecule has 14 heavy (non-hydrogen) atoms. The first-order chi connectivity index (χ1) is 6.76. The fraction of sp³-hybridized carbons (Fsp3) is 0.250. The smallest absolute Gasteiger partial charge is 0.0992 e. The zero-order valence-electron chi connectivity index (χ0n) is 8.41. The molecular formula is C12H12N2. The topological polar surface area (TPSA) is 28.7 Å². The Kier molecular flexibility index (Phi) is 2.01. The number of aryl methyl sites for hydroxylation is 2. The molecule has 0 saturated heterocycles. The largest absolute Gasteiger partial charge is 0.350 e. The van der Waals surface area contributed by atoms with E-state index in [0.717, 1.165) is 17.5 Å². The summed E-state index contributed by atoms with van der Waals surface area (Å²) in [5.74, 6) is 0. The van der Waals surface area contributed by atoms with Crippen LogP contribution in [0.2, 0.25) is 0 Å². The van der Waals surface area contributed by atoms with E-state index < -0.39 is 0 Å². The lowest BCUT2D eigenvalue weighted by Crippen LogP contribution is -1.84. The predicted molar refractivity (Wildman–Crippen MR) is 57.0 cm³/mol. The number of aromatic nitrogens is 1. The van der Waals surface area contributed by atoms with E-state index in [1.165, 1.54) is 10.9 Å². The SMILES string of the molecule is CCc1cn(C)c2cc(C#N)ccc12. The average Bonchev–Trinajstić information content (AvgIpc) is 2.55. The van der Waals surface area contributed by atoms with Crippen molar-refractivity contribution >= 4 is 10.9 Å². The molecule has 0 bridgehead atoms. The van der Waals surface area contributed by atoms with E-state index >= 15 is 0 Å². The van der Waals surface area contributed by atoms with Gasteiger partial charge in [0.05, 0.1) is 11.6 Å². The monoisotopic (exact) mass is 184 g/mol. The van der Waals surface area contributed by atoms with Crippen LogP contribution in [-0.4, -0.2) is 4.57 Å². The first kappa shape index (κ1) is 8.83. The molecule has 0 atom stereocenters. The second-order valence-electron chi connectivity index (χ2n) is 3.46. The molecule has 70 valence electrons. The van der Waals surface area contributed by atoms with Crippen molar-refractivity contribution in [1.82, 2.24) is 4.57 Å². The number of nitriles is 1. The second-order valence-corrected chi connectivity index (χ2v) is 3.46. The van der Waals surface area contributed by atoms with E-state index in [0.29, 0.717) is 0 Å². The Balaban J connectivity index is 2.78. The van der Waals surface area contributed by atoms with E-state index in [-0.39, 0.29) is 0 Å². The molecule has 1 aromatic heterocycles. The van der Waals surface area contributed by atoms with Gasteiger partial charge in [0.15, 0.2) is 0 Å². The molecule has 0 spiro atoms. The third-order valence-electron chi connectivity index (χ3n) is 2.58. The number of fused-ring (bicyclic) bond motifs is 1. The normalized spacial score (nSPS) is 10.4. The minimum atomic E-state index is 0.723. The lowest BCUT2D eigenvalue weighted by atomic mass is 10.1. The van der Waals surface area contributed by atoms with E-state index in [1.54, 1.807) is 0 Å². The van der Waals surface area contributed by atoms with Crippen molar-refractivity contribution in [2.24, 2.45) is 7.05 Å². The average molecular weight is 184 g/mol. The fourth-order valence-electron chi connectivity index (χ4n) is 1.82. The highest BCUT2D eigenvalue weighted by Crippen LogP contribution is 2.21. The summed E-state index contributed by atoms with van der Waals surface area (Å²) in [5.41, 5.74) is 3.20. The van der Waals surface area contributed by atoms with Crippen LogP contribution in [0.1, 0.15) is 18.1 Å². The Morgan fingerprint density at radius 3 is 2.86 bits per heavy atom. The first-order valence-corrected chi connectivity index (χ1v) is 4.74. The summed E-state index contributed by atoms with van der Waals surface area (Å²) in [7, 11) is 2.02. The van der Waals surface area contributed by atoms with E-state index in [4.69, 9.17) is 5.26 Å². The number of nitrogens with zero attached hydrogens (tertiary/aromatic N) is 2. The first-order valence-electron chi connectivity index (χ1n) is 4.74. The summed E-state index contributed by atoms with van der Waals surface area (Å²) in [6.07, 6.45) is 3.16. The zero-order chi connectivity index (χ0) is 10.1. The molecule has 2 nitrogen and oxygen atoms in total. The van der Waals surface area contributed by atoms with Gasteiger partial charge in [-0.1, -0.05) is 13.0 Å². The molecule has 1 heterocycles. The molecular weight excluding hydrogens is 172 g/mol. The van der Waals surface area contributed by atoms with E-state index in [1.807, 2.05) is 25.2 Å². The molecule has 0 amide bonds. The summed E-state index contributed by atoms with van der Waals surface area (Å²) in [6.45, 7) is 2.15. The van der Waals surface area contributed by atoms with Crippen molar-refractivity contribution < 1.29 is 0 Å². The standard InChI is InChI=1S/C12H12N2/c1-3-10-8-14(2)12-6-9(7-13)4-5-11(10)12/h4-6,8H,3H2,1-2H3. The Labute approximate surface area is 83.4 Å². The maximum atomic E-state index is 8.79. The van der Waals surface area contributed by atoms with Crippen LogP contribution < -0.4 is 0 Å². The summed E-state index contributed by atoms with van der Waals surface area (Å²) >= 11 is 0. The molecule has 2 heteroatoms. The van der Waals surface area contributed by atoms with Gasteiger partial charge in [0.2, 0.25) is 0 Å². The van der Waals surface area contributed by atoms with Crippen LogP contribution in [0.15, 0.2) is 24.4 Å². The molecule has 0 unspecified atom stereocenters. The minimum Gasteiger partial charge on any atom is -0.350 e. The van der Waals surface area contributed by atoms with Crippen molar-refractivity contribution in [3.8, 4) is 6.07 Å². The minimum absolute atomic E-state index is 0.723. The molecule has 0 aliphatic rings. The zero-order valence-corrected chi connectivity index (χ0v) is 8.41. The molecule has 0 N–H and O–H groups in total. The number of hydrogen-bond acceptors (Lipinski definition) is 1. The van der Waals surface area contributed by atoms with Crippen molar-refractivity contribution in [2.75, 3.05) is 0 Å². The molecule has 1 aromatic carbocycles. The van der Waals surface area contributed by atoms with E-state index in [2.05, 4.69) is 23.8 Å². The highest BCUT2D eigenvalue weighted by molar-refractivity contribution is 5.85. The molecule has 0 aliphatic heterocycles. The summed E-state index contributed by atoms with van der Waals surface area (Å²) in [6, 6.07) is 8.01. The second kappa shape index (κ2) is 3.19. The molecule has 0 radical (unpaired) electrons. The Bertz CT molecular complexity index is 515. The van der Waals surface area contributed by atoms with Crippen molar-refractivity contribution in [3.63, 3.8) is 0 Å². The highest BCUT2D eigenvalue weighted by atomic mass is 14.9. The van der Waals surface area contributed by atoms with Crippen LogP contribution in [0.5, 0.6) is 0 Å². The third kappa shape index (κ3) is 1.18. The van der Waals surface area contributed by atoms with Gasteiger partial charge in [-0.15, -0.1) is 0 Å². The maximum absolute atomic E-state index is 8.79. The van der Waals surface area contributed by atoms with Crippen molar-refractivity contribution in [2.45, 2.75) is 13.3 Å². The van der Waals surface area contributed by atoms with Crippen LogP contribution in [0.3, 0.4) is 0 Å². The quantitative estimate of drug-likeness (QED) is 0.669. The lowest BCUT2D eigenvalue weighted by molar-refractivity contribution is 0.954. The van der Waals surface area contributed by atoms with E-state index in [9.17, 15) is 0 Å². The molecule has 2 rings (SSSR count). The molecule has 2 aromatic rings. The van der Waals surface area contributed by atoms with Crippen LogP contribution in [0, 0.1) is 11.3 Å². The maximum Gasteiger partial charge on any atom is 0.0992 e. The van der Waals surface area contributed by atoms with Gasteiger partial charge in [-0.05, 0) is 24.1 Å². The summed E-state index contributed by atoms with van der Waals surface area (Å²) < 4.78 is 2.08. The van der Waals surface area contributed by atoms with Crippen molar-refractivity contribution in [1.29, 1.82) is 5.26 Å². The van der Waals surface area contributed by atoms with Gasteiger partial charge in [0.25, 0.3) is 0 Å². The van der Waals surface area contributed by atoms with Crippen LogP contribution in [0.4, 0.5) is 0 Å². The highest BCUT2D eigenvalue weighted by Gasteiger charge is 2.04. The van der Waals surface area contributed by atoms with Gasteiger partial charge in [-0.25, -0.2) is 0 Å². The van der Waals surface area contributed by atoms with Gasteiger partial charge in [0, 0.05) is 24.1 Å². The van der Waals surface area contributed by atoms with Crippen LogP contribution >= 0.6 is 0 Å². The summed E-state index contributed by atoms with van der Waals surface area (Å²) in [5, 5.41) is 10.1. The van der Waals surface area contributed by atoms with Gasteiger partial charge in [-0.2, -0.15) is 5.26 Å². The number of rotatable bonds is 1.